The molecule has 1 aromatic rings. The first-order valence-electron chi connectivity index (χ1n) is 5.63. The van der Waals surface area contributed by atoms with Crippen LogP contribution >= 0.6 is 27.5 Å². The van der Waals surface area contributed by atoms with Gasteiger partial charge in [-0.1, -0.05) is 11.6 Å². The SMILES string of the molecule is NC(=O)C1CC(O)CN1C(=O)c1cc(Cl)ccc1Br. The molecule has 0 radical (unpaired) electrons. The van der Waals surface area contributed by atoms with Crippen molar-refractivity contribution in [3.8, 4) is 0 Å². The summed E-state index contributed by atoms with van der Waals surface area (Å²) in [7, 11) is 0. The molecular weight excluding hydrogens is 336 g/mol. The number of benzene rings is 1. The Kier molecular flexibility index (Phi) is 4.13. The first kappa shape index (κ1) is 14.3. The zero-order valence-electron chi connectivity index (χ0n) is 9.85. The van der Waals surface area contributed by atoms with Crippen molar-refractivity contribution in [1.82, 2.24) is 4.90 Å². The fraction of sp³-hybridized carbons (Fsp3) is 0.333. The molecule has 0 saturated carbocycles. The molecule has 2 unspecified atom stereocenters. The summed E-state index contributed by atoms with van der Waals surface area (Å²) in [5, 5.41) is 10.0. The average molecular weight is 348 g/mol. The molecular formula is C12H12BrClN2O3. The molecule has 102 valence electrons. The summed E-state index contributed by atoms with van der Waals surface area (Å²) < 4.78 is 0.575. The molecule has 1 fully saturated rings. The Morgan fingerprint density at radius 2 is 2.16 bits per heavy atom. The quantitative estimate of drug-likeness (QED) is 0.842. The second-order valence-corrected chi connectivity index (χ2v) is 5.68. The summed E-state index contributed by atoms with van der Waals surface area (Å²) in [6.45, 7) is 0.0887. The molecule has 1 aromatic carbocycles. The van der Waals surface area contributed by atoms with Crippen LogP contribution in [0.25, 0.3) is 0 Å². The van der Waals surface area contributed by atoms with Gasteiger partial charge in [0.2, 0.25) is 5.91 Å². The second-order valence-electron chi connectivity index (χ2n) is 4.39. The lowest BCUT2D eigenvalue weighted by Gasteiger charge is -2.22. The van der Waals surface area contributed by atoms with Crippen molar-refractivity contribution in [3.63, 3.8) is 0 Å². The van der Waals surface area contributed by atoms with Gasteiger partial charge in [-0.25, -0.2) is 0 Å². The van der Waals surface area contributed by atoms with E-state index in [1.165, 1.54) is 11.0 Å². The van der Waals surface area contributed by atoms with Crippen LogP contribution in [0, 0.1) is 0 Å². The molecule has 0 aliphatic carbocycles. The first-order chi connectivity index (χ1) is 8.90. The molecule has 0 spiro atoms. The maximum Gasteiger partial charge on any atom is 0.255 e. The third-order valence-electron chi connectivity index (χ3n) is 3.03. The fourth-order valence-corrected chi connectivity index (χ4v) is 2.71. The topological polar surface area (TPSA) is 83.6 Å². The minimum atomic E-state index is -0.784. The number of aliphatic hydroxyl groups is 1. The van der Waals surface area contributed by atoms with Crippen LogP contribution in [-0.4, -0.2) is 40.5 Å². The Morgan fingerprint density at radius 1 is 1.47 bits per heavy atom. The number of hydrogen-bond donors (Lipinski definition) is 2. The molecule has 7 heteroatoms. The van der Waals surface area contributed by atoms with E-state index in [-0.39, 0.29) is 18.9 Å². The number of nitrogens with zero attached hydrogens (tertiary/aromatic N) is 1. The van der Waals surface area contributed by atoms with Crippen LogP contribution in [0.2, 0.25) is 5.02 Å². The highest BCUT2D eigenvalue weighted by Crippen LogP contribution is 2.26. The second kappa shape index (κ2) is 5.48. The average Bonchev–Trinajstić information content (AvgIpc) is 2.74. The molecule has 1 heterocycles. The van der Waals surface area contributed by atoms with E-state index in [1.807, 2.05) is 0 Å². The third-order valence-corrected chi connectivity index (χ3v) is 3.95. The summed E-state index contributed by atoms with van der Waals surface area (Å²) >= 11 is 9.13. The van der Waals surface area contributed by atoms with Crippen LogP contribution in [0.15, 0.2) is 22.7 Å². The van der Waals surface area contributed by atoms with Gasteiger partial charge in [-0.15, -0.1) is 0 Å². The van der Waals surface area contributed by atoms with Crippen molar-refractivity contribution >= 4 is 39.3 Å². The summed E-state index contributed by atoms with van der Waals surface area (Å²) in [6, 6.07) is 4.03. The first-order valence-corrected chi connectivity index (χ1v) is 6.80. The van der Waals surface area contributed by atoms with E-state index < -0.39 is 18.1 Å². The maximum atomic E-state index is 12.4. The van der Waals surface area contributed by atoms with Crippen molar-refractivity contribution in [2.75, 3.05) is 6.54 Å². The summed E-state index contributed by atoms with van der Waals surface area (Å²) in [5.74, 6) is -1.00. The van der Waals surface area contributed by atoms with Gasteiger partial charge in [0.1, 0.15) is 6.04 Å². The van der Waals surface area contributed by atoms with Crippen molar-refractivity contribution in [3.05, 3.63) is 33.3 Å². The third kappa shape index (κ3) is 2.91. The Hall–Kier alpha value is -1.11. The van der Waals surface area contributed by atoms with Gasteiger partial charge in [-0.2, -0.15) is 0 Å². The maximum absolute atomic E-state index is 12.4. The number of β-amino-alcohol motifs (C(OH)–C–C–N with tert-alkyl or cyclic N) is 1. The van der Waals surface area contributed by atoms with Crippen molar-refractivity contribution in [1.29, 1.82) is 0 Å². The van der Waals surface area contributed by atoms with Crippen molar-refractivity contribution in [2.45, 2.75) is 18.6 Å². The lowest BCUT2D eigenvalue weighted by Crippen LogP contribution is -2.43. The van der Waals surface area contributed by atoms with Crippen LogP contribution in [0.1, 0.15) is 16.8 Å². The molecule has 1 aliphatic rings. The monoisotopic (exact) mass is 346 g/mol. The van der Waals surface area contributed by atoms with Gasteiger partial charge < -0.3 is 15.7 Å². The lowest BCUT2D eigenvalue weighted by atomic mass is 10.1. The Morgan fingerprint density at radius 3 is 2.79 bits per heavy atom. The zero-order chi connectivity index (χ0) is 14.2. The van der Waals surface area contributed by atoms with Crippen LogP contribution in [-0.2, 0) is 4.79 Å². The van der Waals surface area contributed by atoms with E-state index in [0.29, 0.717) is 15.1 Å². The summed E-state index contributed by atoms with van der Waals surface area (Å²) in [5.41, 5.74) is 5.59. The lowest BCUT2D eigenvalue weighted by molar-refractivity contribution is -0.121. The van der Waals surface area contributed by atoms with Crippen LogP contribution in [0.4, 0.5) is 0 Å². The number of aliphatic hydroxyl groups excluding tert-OH is 1. The minimum absolute atomic E-state index is 0.0887. The molecule has 5 nitrogen and oxygen atoms in total. The van der Waals surface area contributed by atoms with E-state index in [1.54, 1.807) is 12.1 Å². The fourth-order valence-electron chi connectivity index (χ4n) is 2.12. The van der Waals surface area contributed by atoms with Gasteiger partial charge in [0.25, 0.3) is 5.91 Å². The number of carbonyl (C=O) groups is 2. The predicted molar refractivity (Wildman–Crippen MR) is 73.8 cm³/mol. The molecule has 2 atom stereocenters. The number of likely N-dealkylation sites (tertiary alicyclic amines) is 1. The van der Waals surface area contributed by atoms with E-state index in [9.17, 15) is 14.7 Å². The highest BCUT2D eigenvalue weighted by atomic mass is 79.9. The zero-order valence-corrected chi connectivity index (χ0v) is 12.2. The number of amides is 2. The van der Waals surface area contributed by atoms with Crippen LogP contribution in [0.3, 0.4) is 0 Å². The highest BCUT2D eigenvalue weighted by molar-refractivity contribution is 9.10. The number of carbonyl (C=O) groups excluding carboxylic acids is 2. The number of hydrogen-bond acceptors (Lipinski definition) is 3. The largest absolute Gasteiger partial charge is 0.391 e. The van der Waals surface area contributed by atoms with E-state index in [4.69, 9.17) is 17.3 Å². The number of halogens is 2. The van der Waals surface area contributed by atoms with Gasteiger partial charge in [0, 0.05) is 22.5 Å². The highest BCUT2D eigenvalue weighted by Gasteiger charge is 2.38. The summed E-state index contributed by atoms with van der Waals surface area (Å²) in [6.07, 6.45) is -0.571. The number of primary amides is 1. The molecule has 0 aromatic heterocycles. The summed E-state index contributed by atoms with van der Waals surface area (Å²) in [4.78, 5) is 25.0. The normalized spacial score (nSPS) is 22.6. The van der Waals surface area contributed by atoms with Crippen LogP contribution in [0.5, 0.6) is 0 Å². The van der Waals surface area contributed by atoms with Crippen molar-refractivity contribution < 1.29 is 14.7 Å². The van der Waals surface area contributed by atoms with Gasteiger partial charge >= 0.3 is 0 Å². The molecule has 1 saturated heterocycles. The van der Waals surface area contributed by atoms with Gasteiger partial charge in [-0.05, 0) is 34.1 Å². The van der Waals surface area contributed by atoms with Gasteiger partial charge in [0.15, 0.2) is 0 Å². The Balaban J connectivity index is 2.33. The molecule has 2 rings (SSSR count). The standard InChI is InChI=1S/C12H12BrClN2O3/c13-9-2-1-6(14)3-8(9)12(19)16-5-7(17)4-10(16)11(15)18/h1-3,7,10,17H,4-5H2,(H2,15,18). The van der Waals surface area contributed by atoms with Gasteiger partial charge in [0.05, 0.1) is 11.7 Å². The number of nitrogens with two attached hydrogens (primary N) is 1. The molecule has 1 aliphatic heterocycles. The smallest absolute Gasteiger partial charge is 0.255 e. The molecule has 0 bridgehead atoms. The Bertz CT molecular complexity index is 538. The number of rotatable bonds is 2. The molecule has 19 heavy (non-hydrogen) atoms. The molecule has 3 N–H and O–H groups in total. The van der Waals surface area contributed by atoms with Gasteiger partial charge in [-0.3, -0.25) is 9.59 Å². The predicted octanol–water partition coefficient (Wildman–Crippen LogP) is 1.16. The van der Waals surface area contributed by atoms with Crippen molar-refractivity contribution in [2.24, 2.45) is 5.73 Å². The van der Waals surface area contributed by atoms with E-state index in [0.717, 1.165) is 0 Å². The minimum Gasteiger partial charge on any atom is -0.391 e. The van der Waals surface area contributed by atoms with E-state index in [2.05, 4.69) is 15.9 Å². The Labute approximate surface area is 123 Å². The van der Waals surface area contributed by atoms with E-state index >= 15 is 0 Å². The van der Waals surface area contributed by atoms with Crippen LogP contribution < -0.4 is 5.73 Å². The molecule has 2 amide bonds.